The quantitative estimate of drug-likeness (QED) is 0.905. The van der Waals surface area contributed by atoms with Gasteiger partial charge in [-0.25, -0.2) is 0 Å². The van der Waals surface area contributed by atoms with Gasteiger partial charge in [0.25, 0.3) is 0 Å². The maximum absolute atomic E-state index is 11.3. The number of hydrogen-bond donors (Lipinski definition) is 1. The molecule has 22 heavy (non-hydrogen) atoms. The van der Waals surface area contributed by atoms with Crippen molar-refractivity contribution in [1.82, 2.24) is 4.90 Å². The van der Waals surface area contributed by atoms with Gasteiger partial charge in [0.15, 0.2) is 0 Å². The van der Waals surface area contributed by atoms with E-state index in [9.17, 15) is 9.90 Å². The number of aliphatic carboxylic acids is 1. The van der Waals surface area contributed by atoms with Crippen molar-refractivity contribution >= 4 is 5.97 Å². The molecule has 0 saturated carbocycles. The molecule has 1 saturated heterocycles. The fraction of sp³-hybridized carbons (Fsp3) is 0.588. The number of fused-ring (bicyclic) bond motifs is 1. The predicted molar refractivity (Wildman–Crippen MR) is 82.5 cm³/mol. The van der Waals surface area contributed by atoms with E-state index in [-0.39, 0.29) is 12.1 Å². The third-order valence-electron chi connectivity index (χ3n) is 4.40. The first-order valence-corrected chi connectivity index (χ1v) is 8.00. The molecule has 0 amide bonds. The zero-order valence-corrected chi connectivity index (χ0v) is 13.2. The molecule has 1 N–H and O–H groups in total. The highest BCUT2D eigenvalue weighted by atomic mass is 16.5. The van der Waals surface area contributed by atoms with Gasteiger partial charge in [0.1, 0.15) is 23.6 Å². The van der Waals surface area contributed by atoms with Crippen LogP contribution in [0.25, 0.3) is 0 Å². The Hall–Kier alpha value is -1.75. The van der Waals surface area contributed by atoms with Crippen molar-refractivity contribution in [2.75, 3.05) is 13.2 Å². The molecule has 2 aliphatic heterocycles. The first-order chi connectivity index (χ1) is 10.6. The molecule has 1 fully saturated rings. The zero-order chi connectivity index (χ0) is 15.7. The van der Waals surface area contributed by atoms with Crippen LogP contribution in [-0.2, 0) is 17.8 Å². The van der Waals surface area contributed by atoms with E-state index in [0.29, 0.717) is 13.2 Å². The van der Waals surface area contributed by atoms with Gasteiger partial charge in [-0.05, 0) is 45.4 Å². The number of carbonyl (C=O) groups is 1. The van der Waals surface area contributed by atoms with Crippen LogP contribution < -0.4 is 9.47 Å². The molecule has 2 atom stereocenters. The third kappa shape index (κ3) is 2.90. The summed E-state index contributed by atoms with van der Waals surface area (Å²) in [7, 11) is 0. The minimum Gasteiger partial charge on any atom is -0.494 e. The standard InChI is InChI=1S/C17H23NO4/c1-3-21-15-8-12-7-11(2)22-16(12)9-13(15)10-18-6-4-5-14(18)17(19)20/h8-9,11,14H,3-7,10H2,1-2H3,(H,19,20)/t11-,14+/m0/s1. The van der Waals surface area contributed by atoms with Crippen molar-refractivity contribution in [2.45, 2.75) is 51.8 Å². The Balaban J connectivity index is 1.86. The molecule has 120 valence electrons. The van der Waals surface area contributed by atoms with Gasteiger partial charge in [0.05, 0.1) is 6.61 Å². The fourth-order valence-corrected chi connectivity index (χ4v) is 3.41. The van der Waals surface area contributed by atoms with Crippen LogP contribution in [0, 0.1) is 0 Å². The molecule has 5 heteroatoms. The number of rotatable bonds is 5. The van der Waals surface area contributed by atoms with E-state index in [4.69, 9.17) is 9.47 Å². The second-order valence-corrected chi connectivity index (χ2v) is 6.10. The highest BCUT2D eigenvalue weighted by molar-refractivity contribution is 5.73. The number of ether oxygens (including phenoxy) is 2. The Kier molecular flexibility index (Phi) is 4.25. The van der Waals surface area contributed by atoms with Crippen LogP contribution in [0.3, 0.4) is 0 Å². The molecule has 0 aliphatic carbocycles. The van der Waals surface area contributed by atoms with Crippen LogP contribution in [0.15, 0.2) is 12.1 Å². The molecule has 0 bridgehead atoms. The number of nitrogens with zero attached hydrogens (tertiary/aromatic N) is 1. The van der Waals surface area contributed by atoms with Gasteiger partial charge >= 0.3 is 5.97 Å². The summed E-state index contributed by atoms with van der Waals surface area (Å²) in [6.45, 7) is 6.03. The summed E-state index contributed by atoms with van der Waals surface area (Å²) in [4.78, 5) is 13.4. The molecule has 0 radical (unpaired) electrons. The van der Waals surface area contributed by atoms with Gasteiger partial charge in [-0.15, -0.1) is 0 Å². The van der Waals surface area contributed by atoms with E-state index >= 15 is 0 Å². The van der Waals surface area contributed by atoms with Crippen LogP contribution in [0.2, 0.25) is 0 Å². The first-order valence-electron chi connectivity index (χ1n) is 8.00. The number of likely N-dealkylation sites (tertiary alicyclic amines) is 1. The summed E-state index contributed by atoms with van der Waals surface area (Å²) in [5.41, 5.74) is 2.19. The Morgan fingerprint density at radius 3 is 3.05 bits per heavy atom. The SMILES string of the molecule is CCOc1cc2c(cc1CN1CCC[C@@H]1C(=O)O)O[C@@H](C)C2. The van der Waals surface area contributed by atoms with E-state index in [1.807, 2.05) is 17.9 Å². The van der Waals surface area contributed by atoms with E-state index < -0.39 is 5.97 Å². The van der Waals surface area contributed by atoms with Gasteiger partial charge in [-0.3, -0.25) is 9.69 Å². The molecule has 0 aromatic heterocycles. The molecule has 5 nitrogen and oxygen atoms in total. The number of carboxylic acids is 1. The van der Waals surface area contributed by atoms with Crippen molar-refractivity contribution in [1.29, 1.82) is 0 Å². The van der Waals surface area contributed by atoms with E-state index in [2.05, 4.69) is 13.0 Å². The molecule has 2 aliphatic rings. The van der Waals surface area contributed by atoms with Crippen molar-refractivity contribution < 1.29 is 19.4 Å². The predicted octanol–water partition coefficient (Wildman–Crippen LogP) is 2.46. The minimum absolute atomic E-state index is 0.193. The lowest BCUT2D eigenvalue weighted by atomic mass is 10.1. The smallest absolute Gasteiger partial charge is 0.320 e. The van der Waals surface area contributed by atoms with Gasteiger partial charge in [-0.2, -0.15) is 0 Å². The molecular formula is C17H23NO4. The Morgan fingerprint density at radius 1 is 1.50 bits per heavy atom. The first kappa shape index (κ1) is 15.2. The van der Waals surface area contributed by atoms with E-state index in [1.54, 1.807) is 0 Å². The van der Waals surface area contributed by atoms with Crippen LogP contribution in [0.4, 0.5) is 0 Å². The van der Waals surface area contributed by atoms with Crippen LogP contribution in [-0.4, -0.2) is 41.3 Å². The second-order valence-electron chi connectivity index (χ2n) is 6.10. The van der Waals surface area contributed by atoms with Crippen molar-refractivity contribution in [3.63, 3.8) is 0 Å². The van der Waals surface area contributed by atoms with Gasteiger partial charge < -0.3 is 14.6 Å². The summed E-state index contributed by atoms with van der Waals surface area (Å²) in [6, 6.07) is 3.70. The van der Waals surface area contributed by atoms with Crippen LogP contribution in [0.1, 0.15) is 37.8 Å². The summed E-state index contributed by atoms with van der Waals surface area (Å²) < 4.78 is 11.6. The molecule has 0 unspecified atom stereocenters. The van der Waals surface area contributed by atoms with Crippen LogP contribution >= 0.6 is 0 Å². The molecule has 3 rings (SSSR count). The zero-order valence-electron chi connectivity index (χ0n) is 13.2. The Morgan fingerprint density at radius 2 is 2.32 bits per heavy atom. The van der Waals surface area contributed by atoms with Crippen LogP contribution in [0.5, 0.6) is 11.5 Å². The summed E-state index contributed by atoms with van der Waals surface area (Å²) in [5.74, 6) is 1.04. The summed E-state index contributed by atoms with van der Waals surface area (Å²) in [5, 5.41) is 9.33. The average Bonchev–Trinajstić information content (AvgIpc) is 3.05. The second kappa shape index (κ2) is 6.16. The maximum Gasteiger partial charge on any atom is 0.320 e. The lowest BCUT2D eigenvalue weighted by molar-refractivity contribution is -0.142. The lowest BCUT2D eigenvalue weighted by Crippen LogP contribution is -2.35. The molecule has 2 heterocycles. The highest BCUT2D eigenvalue weighted by Crippen LogP contribution is 2.36. The van der Waals surface area contributed by atoms with Gasteiger partial charge in [0.2, 0.25) is 0 Å². The van der Waals surface area contributed by atoms with Crippen molar-refractivity contribution in [3.8, 4) is 11.5 Å². The molecule has 1 aromatic carbocycles. The molecule has 0 spiro atoms. The topological polar surface area (TPSA) is 59.0 Å². The highest BCUT2D eigenvalue weighted by Gasteiger charge is 2.31. The molecule has 1 aromatic rings. The van der Waals surface area contributed by atoms with Gasteiger partial charge in [-0.1, -0.05) is 0 Å². The largest absolute Gasteiger partial charge is 0.494 e. The maximum atomic E-state index is 11.3. The van der Waals surface area contributed by atoms with Gasteiger partial charge in [0, 0.05) is 24.1 Å². The van der Waals surface area contributed by atoms with Crippen molar-refractivity contribution in [2.24, 2.45) is 0 Å². The molecular weight excluding hydrogens is 282 g/mol. The van der Waals surface area contributed by atoms with Crippen molar-refractivity contribution in [3.05, 3.63) is 23.3 Å². The summed E-state index contributed by atoms with van der Waals surface area (Å²) >= 11 is 0. The lowest BCUT2D eigenvalue weighted by Gasteiger charge is -2.23. The Labute approximate surface area is 130 Å². The Bertz CT molecular complexity index is 572. The minimum atomic E-state index is -0.735. The normalized spacial score (nSPS) is 24.1. The fourth-order valence-electron chi connectivity index (χ4n) is 3.41. The monoisotopic (exact) mass is 305 g/mol. The number of carboxylic acid groups (broad SMARTS) is 1. The average molecular weight is 305 g/mol. The van der Waals surface area contributed by atoms with E-state index in [1.165, 1.54) is 5.56 Å². The number of benzene rings is 1. The number of hydrogen-bond acceptors (Lipinski definition) is 4. The summed E-state index contributed by atoms with van der Waals surface area (Å²) in [6.07, 6.45) is 2.74. The van der Waals surface area contributed by atoms with E-state index in [0.717, 1.165) is 42.9 Å². The third-order valence-corrected chi connectivity index (χ3v) is 4.40.